The molecule has 1 fully saturated rings. The number of nitrogens with zero attached hydrogens (tertiary/aromatic N) is 4. The predicted octanol–water partition coefficient (Wildman–Crippen LogP) is 2.93. The summed E-state index contributed by atoms with van der Waals surface area (Å²) in [5, 5.41) is 13.0. The van der Waals surface area contributed by atoms with E-state index in [4.69, 9.17) is 0 Å². The van der Waals surface area contributed by atoms with Gasteiger partial charge >= 0.3 is 0 Å². The van der Waals surface area contributed by atoms with Crippen molar-refractivity contribution in [1.29, 1.82) is 0 Å². The van der Waals surface area contributed by atoms with Crippen molar-refractivity contribution in [3.63, 3.8) is 0 Å². The third-order valence-electron chi connectivity index (χ3n) is 5.16. The molecule has 1 unspecified atom stereocenters. The molecule has 2 aromatic rings. The highest BCUT2D eigenvalue weighted by Crippen LogP contribution is 2.23. The van der Waals surface area contributed by atoms with Crippen molar-refractivity contribution in [2.24, 2.45) is 5.92 Å². The summed E-state index contributed by atoms with van der Waals surface area (Å²) in [4.78, 5) is 28.4. The van der Waals surface area contributed by atoms with E-state index in [-0.39, 0.29) is 11.9 Å². The maximum atomic E-state index is 12.5. The maximum absolute atomic E-state index is 12.5. The van der Waals surface area contributed by atoms with E-state index in [1.807, 2.05) is 50.9 Å². The molecule has 0 radical (unpaired) electrons. The molecule has 9 nitrogen and oxygen atoms in total. The predicted molar refractivity (Wildman–Crippen MR) is 130 cm³/mol. The highest BCUT2D eigenvalue weighted by atomic mass is 16.1. The molecule has 0 spiro atoms. The number of benzene rings is 1. The van der Waals surface area contributed by atoms with Crippen molar-refractivity contribution >= 4 is 29.4 Å². The molecule has 0 aliphatic carbocycles. The van der Waals surface area contributed by atoms with Crippen LogP contribution >= 0.6 is 0 Å². The van der Waals surface area contributed by atoms with Crippen LogP contribution in [0.3, 0.4) is 0 Å². The molecular weight excluding hydrogens is 404 g/mol. The van der Waals surface area contributed by atoms with E-state index in [2.05, 4.69) is 50.1 Å². The summed E-state index contributed by atoms with van der Waals surface area (Å²) in [5.74, 6) is 1.97. The van der Waals surface area contributed by atoms with Crippen LogP contribution in [-0.2, 0) is 0 Å². The van der Waals surface area contributed by atoms with Crippen LogP contribution in [0.2, 0.25) is 0 Å². The summed E-state index contributed by atoms with van der Waals surface area (Å²) in [6, 6.07) is 5.95. The van der Waals surface area contributed by atoms with Crippen molar-refractivity contribution in [1.82, 2.24) is 25.6 Å². The first kappa shape index (κ1) is 23.7. The molecule has 3 rings (SSSR count). The zero-order chi connectivity index (χ0) is 23.3. The lowest BCUT2D eigenvalue weighted by Gasteiger charge is -2.21. The third kappa shape index (κ3) is 6.53. The van der Waals surface area contributed by atoms with Crippen molar-refractivity contribution < 1.29 is 4.79 Å². The van der Waals surface area contributed by atoms with Gasteiger partial charge in [-0.05, 0) is 57.4 Å². The van der Waals surface area contributed by atoms with Gasteiger partial charge in [-0.1, -0.05) is 19.9 Å². The minimum Gasteiger partial charge on any atom is -0.350 e. The lowest BCUT2D eigenvalue weighted by Crippen LogP contribution is -2.30. The second-order valence-corrected chi connectivity index (χ2v) is 9.17. The Labute approximate surface area is 190 Å². The van der Waals surface area contributed by atoms with E-state index in [0.717, 1.165) is 37.3 Å². The number of aromatic nitrogens is 3. The van der Waals surface area contributed by atoms with Crippen LogP contribution in [-0.4, -0.2) is 59.6 Å². The summed E-state index contributed by atoms with van der Waals surface area (Å²) in [6.45, 7) is 12.9. The minimum atomic E-state index is -0.104. The fourth-order valence-electron chi connectivity index (χ4n) is 3.61. The molecule has 174 valence electrons. The molecule has 1 atom stereocenters. The Kier molecular flexibility index (Phi) is 7.84. The van der Waals surface area contributed by atoms with E-state index in [9.17, 15) is 4.79 Å². The lowest BCUT2D eigenvalue weighted by atomic mass is 10.1. The molecule has 1 aromatic heterocycles. The number of nitrogens with one attached hydrogen (secondary N) is 4. The molecule has 9 heteroatoms. The van der Waals surface area contributed by atoms with Crippen LogP contribution in [0.1, 0.15) is 50.0 Å². The van der Waals surface area contributed by atoms with Gasteiger partial charge in [0.1, 0.15) is 0 Å². The van der Waals surface area contributed by atoms with Gasteiger partial charge in [0, 0.05) is 43.5 Å². The molecule has 1 amide bonds. The van der Waals surface area contributed by atoms with Crippen molar-refractivity contribution in [2.75, 3.05) is 42.2 Å². The van der Waals surface area contributed by atoms with Crippen LogP contribution in [0.5, 0.6) is 0 Å². The second-order valence-electron chi connectivity index (χ2n) is 9.17. The molecule has 1 aromatic carbocycles. The minimum absolute atomic E-state index is 0.0708. The van der Waals surface area contributed by atoms with Crippen LogP contribution < -0.4 is 26.2 Å². The Balaban J connectivity index is 1.89. The number of aryl methyl sites for hydroxylation is 1. The Hall–Kier alpha value is -2.94. The average Bonchev–Trinajstić information content (AvgIpc) is 3.21. The van der Waals surface area contributed by atoms with Gasteiger partial charge in [-0.2, -0.15) is 15.0 Å². The molecule has 1 saturated heterocycles. The first-order valence-electron chi connectivity index (χ1n) is 11.3. The average molecular weight is 441 g/mol. The van der Waals surface area contributed by atoms with Crippen molar-refractivity contribution in [3.05, 3.63) is 29.3 Å². The molecule has 2 heterocycles. The molecule has 32 heavy (non-hydrogen) atoms. The lowest BCUT2D eigenvalue weighted by molar-refractivity contribution is 0.0943. The molecule has 1 aliphatic heterocycles. The zero-order valence-corrected chi connectivity index (χ0v) is 20.0. The number of rotatable bonds is 9. The summed E-state index contributed by atoms with van der Waals surface area (Å²) < 4.78 is 0. The van der Waals surface area contributed by atoms with E-state index >= 15 is 0 Å². The Morgan fingerprint density at radius 1 is 1.19 bits per heavy atom. The molecule has 1 aliphatic rings. The summed E-state index contributed by atoms with van der Waals surface area (Å²) in [6.07, 6.45) is 1.03. The second kappa shape index (κ2) is 10.6. The van der Waals surface area contributed by atoms with Gasteiger partial charge < -0.3 is 26.2 Å². The Bertz CT molecular complexity index is 924. The van der Waals surface area contributed by atoms with Gasteiger partial charge in [-0.3, -0.25) is 4.79 Å². The molecular formula is C23H36N8O. The van der Waals surface area contributed by atoms with Crippen LogP contribution in [0.25, 0.3) is 0 Å². The third-order valence-corrected chi connectivity index (χ3v) is 5.16. The number of hydrogen-bond acceptors (Lipinski definition) is 8. The zero-order valence-electron chi connectivity index (χ0n) is 20.0. The standard InChI is InChI=1S/C23H36N8O/c1-14(2)13-31(6)23-29-21(26-18-9-10-24-12-18)28-22(30-23)27-19-11-17(8-7-16(19)5)20(32)25-15(3)4/h7-8,11,14-15,18,24H,9-10,12-13H2,1-6H3,(H,25,32)(H2,26,27,28,29,30). The topological polar surface area (TPSA) is 107 Å². The van der Waals surface area contributed by atoms with Gasteiger partial charge in [-0.25, -0.2) is 0 Å². The van der Waals surface area contributed by atoms with Gasteiger partial charge in [0.15, 0.2) is 0 Å². The number of hydrogen-bond donors (Lipinski definition) is 4. The van der Waals surface area contributed by atoms with E-state index < -0.39 is 0 Å². The monoisotopic (exact) mass is 440 g/mol. The van der Waals surface area contributed by atoms with E-state index in [1.165, 1.54) is 0 Å². The Morgan fingerprint density at radius 2 is 1.94 bits per heavy atom. The first-order valence-corrected chi connectivity index (χ1v) is 11.3. The van der Waals surface area contributed by atoms with Gasteiger partial charge in [-0.15, -0.1) is 0 Å². The number of amides is 1. The van der Waals surface area contributed by atoms with Gasteiger partial charge in [0.05, 0.1) is 0 Å². The summed E-state index contributed by atoms with van der Waals surface area (Å²) in [7, 11) is 1.99. The highest BCUT2D eigenvalue weighted by molar-refractivity contribution is 5.95. The van der Waals surface area contributed by atoms with Crippen molar-refractivity contribution in [2.45, 2.75) is 53.1 Å². The number of anilines is 4. The van der Waals surface area contributed by atoms with Crippen LogP contribution in [0, 0.1) is 12.8 Å². The fourth-order valence-corrected chi connectivity index (χ4v) is 3.61. The van der Waals surface area contributed by atoms with Crippen molar-refractivity contribution in [3.8, 4) is 0 Å². The molecule has 0 saturated carbocycles. The van der Waals surface area contributed by atoms with Crippen LogP contribution in [0.15, 0.2) is 18.2 Å². The highest BCUT2D eigenvalue weighted by Gasteiger charge is 2.18. The molecule has 0 bridgehead atoms. The molecule has 4 N–H and O–H groups in total. The summed E-state index contributed by atoms with van der Waals surface area (Å²) in [5.41, 5.74) is 2.38. The maximum Gasteiger partial charge on any atom is 0.251 e. The Morgan fingerprint density at radius 3 is 2.59 bits per heavy atom. The normalized spacial score (nSPS) is 15.8. The van der Waals surface area contributed by atoms with E-state index in [1.54, 1.807) is 0 Å². The fraction of sp³-hybridized carbons (Fsp3) is 0.565. The largest absolute Gasteiger partial charge is 0.350 e. The van der Waals surface area contributed by atoms with Gasteiger partial charge in [0.2, 0.25) is 17.8 Å². The van der Waals surface area contributed by atoms with Gasteiger partial charge in [0.25, 0.3) is 5.91 Å². The quantitative estimate of drug-likeness (QED) is 0.472. The number of carbonyl (C=O) groups is 1. The summed E-state index contributed by atoms with van der Waals surface area (Å²) >= 11 is 0. The number of carbonyl (C=O) groups excluding carboxylic acids is 1. The SMILES string of the molecule is Cc1ccc(C(=O)NC(C)C)cc1Nc1nc(NC2CCNC2)nc(N(C)CC(C)C)n1. The van der Waals surface area contributed by atoms with Crippen LogP contribution in [0.4, 0.5) is 23.5 Å². The smallest absolute Gasteiger partial charge is 0.251 e. The van der Waals surface area contributed by atoms with E-state index in [0.29, 0.717) is 35.4 Å². The first-order chi connectivity index (χ1) is 15.2.